The van der Waals surface area contributed by atoms with Crippen molar-refractivity contribution >= 4 is 5.69 Å². The molecule has 1 aromatic rings. The van der Waals surface area contributed by atoms with Crippen molar-refractivity contribution in [1.29, 1.82) is 0 Å². The standard InChI is InChI=1S/C15H23FN2O/c1-15(2)8-9-17-11-14(7-10-19)18(15)13-5-3-12(16)4-6-13/h3-6,14,17,19H,7-11H2,1-2H3. The summed E-state index contributed by atoms with van der Waals surface area (Å²) in [5, 5.41) is 12.7. The average Bonchev–Trinajstić information content (AvgIpc) is 2.50. The van der Waals surface area contributed by atoms with Gasteiger partial charge in [0.2, 0.25) is 0 Å². The molecule has 1 unspecified atom stereocenters. The summed E-state index contributed by atoms with van der Waals surface area (Å²) in [6, 6.07) is 6.88. The Morgan fingerprint density at radius 2 is 2.05 bits per heavy atom. The minimum Gasteiger partial charge on any atom is -0.396 e. The van der Waals surface area contributed by atoms with Crippen molar-refractivity contribution in [2.45, 2.75) is 38.3 Å². The van der Waals surface area contributed by atoms with Crippen LogP contribution in [0.2, 0.25) is 0 Å². The van der Waals surface area contributed by atoms with Gasteiger partial charge in [0.25, 0.3) is 0 Å². The Kier molecular flexibility index (Phi) is 4.42. The van der Waals surface area contributed by atoms with Crippen LogP contribution in [-0.4, -0.2) is 36.4 Å². The first-order valence-electron chi connectivity index (χ1n) is 6.91. The molecule has 0 bridgehead atoms. The molecule has 1 heterocycles. The summed E-state index contributed by atoms with van der Waals surface area (Å²) in [5.41, 5.74) is 1.01. The number of nitrogens with one attached hydrogen (secondary N) is 1. The van der Waals surface area contributed by atoms with Crippen LogP contribution >= 0.6 is 0 Å². The molecule has 19 heavy (non-hydrogen) atoms. The third kappa shape index (κ3) is 3.25. The molecular weight excluding hydrogens is 243 g/mol. The number of aliphatic hydroxyl groups excluding tert-OH is 1. The molecule has 0 spiro atoms. The zero-order valence-corrected chi connectivity index (χ0v) is 11.7. The lowest BCUT2D eigenvalue weighted by molar-refractivity contribution is 0.265. The van der Waals surface area contributed by atoms with Gasteiger partial charge >= 0.3 is 0 Å². The van der Waals surface area contributed by atoms with Gasteiger partial charge in [-0.25, -0.2) is 4.39 Å². The fourth-order valence-electron chi connectivity index (χ4n) is 2.91. The van der Waals surface area contributed by atoms with E-state index < -0.39 is 0 Å². The van der Waals surface area contributed by atoms with E-state index in [4.69, 9.17) is 0 Å². The Hall–Kier alpha value is -1.13. The van der Waals surface area contributed by atoms with Gasteiger partial charge in [-0.05, 0) is 57.5 Å². The molecule has 0 aromatic heterocycles. The summed E-state index contributed by atoms with van der Waals surface area (Å²) in [6.45, 7) is 6.38. The molecule has 2 rings (SSSR count). The Morgan fingerprint density at radius 1 is 1.37 bits per heavy atom. The molecular formula is C15H23FN2O. The maximum absolute atomic E-state index is 13.1. The highest BCUT2D eigenvalue weighted by atomic mass is 19.1. The molecule has 1 atom stereocenters. The largest absolute Gasteiger partial charge is 0.396 e. The highest BCUT2D eigenvalue weighted by Gasteiger charge is 2.34. The van der Waals surface area contributed by atoms with E-state index in [1.54, 1.807) is 0 Å². The van der Waals surface area contributed by atoms with Crippen LogP contribution in [-0.2, 0) is 0 Å². The van der Waals surface area contributed by atoms with Crippen molar-refractivity contribution in [3.8, 4) is 0 Å². The number of halogens is 1. The molecule has 1 aliphatic heterocycles. The minimum absolute atomic E-state index is 0.0127. The van der Waals surface area contributed by atoms with E-state index in [1.165, 1.54) is 12.1 Å². The van der Waals surface area contributed by atoms with Crippen LogP contribution in [0, 0.1) is 5.82 Å². The van der Waals surface area contributed by atoms with Crippen molar-refractivity contribution in [2.75, 3.05) is 24.6 Å². The van der Waals surface area contributed by atoms with Crippen LogP contribution in [0.1, 0.15) is 26.7 Å². The molecule has 3 nitrogen and oxygen atoms in total. The van der Waals surface area contributed by atoms with Crippen LogP contribution in [0.4, 0.5) is 10.1 Å². The molecule has 1 aliphatic rings. The predicted octanol–water partition coefficient (Wildman–Crippen LogP) is 2.16. The number of hydrogen-bond acceptors (Lipinski definition) is 3. The Morgan fingerprint density at radius 3 is 2.68 bits per heavy atom. The number of benzene rings is 1. The van der Waals surface area contributed by atoms with Crippen LogP contribution < -0.4 is 10.2 Å². The summed E-state index contributed by atoms with van der Waals surface area (Å²) in [7, 11) is 0. The molecule has 2 N–H and O–H groups in total. The fraction of sp³-hybridized carbons (Fsp3) is 0.600. The predicted molar refractivity (Wildman–Crippen MR) is 75.9 cm³/mol. The summed E-state index contributed by atoms with van der Waals surface area (Å²) < 4.78 is 13.1. The normalized spacial score (nSPS) is 23.2. The lowest BCUT2D eigenvalue weighted by Crippen LogP contribution is -2.51. The van der Waals surface area contributed by atoms with Gasteiger partial charge in [0.05, 0.1) is 0 Å². The van der Waals surface area contributed by atoms with Gasteiger partial charge in [0, 0.05) is 30.4 Å². The van der Waals surface area contributed by atoms with Crippen LogP contribution in [0.3, 0.4) is 0 Å². The van der Waals surface area contributed by atoms with Crippen molar-refractivity contribution < 1.29 is 9.50 Å². The highest BCUT2D eigenvalue weighted by Crippen LogP contribution is 2.31. The molecule has 106 valence electrons. The maximum Gasteiger partial charge on any atom is 0.123 e. The molecule has 0 saturated carbocycles. The van der Waals surface area contributed by atoms with Gasteiger partial charge in [0.15, 0.2) is 0 Å². The van der Waals surface area contributed by atoms with Crippen LogP contribution in [0.5, 0.6) is 0 Å². The molecule has 0 radical (unpaired) electrons. The quantitative estimate of drug-likeness (QED) is 0.880. The van der Waals surface area contributed by atoms with Crippen molar-refractivity contribution in [3.05, 3.63) is 30.1 Å². The van der Waals surface area contributed by atoms with Crippen molar-refractivity contribution in [3.63, 3.8) is 0 Å². The number of anilines is 1. The third-order valence-electron chi connectivity index (χ3n) is 3.88. The topological polar surface area (TPSA) is 35.5 Å². The Bertz CT molecular complexity index is 405. The lowest BCUT2D eigenvalue weighted by Gasteiger charge is -2.44. The first kappa shape index (κ1) is 14.3. The fourth-order valence-corrected chi connectivity index (χ4v) is 2.91. The molecule has 1 saturated heterocycles. The number of aliphatic hydroxyl groups is 1. The second kappa shape index (κ2) is 5.88. The minimum atomic E-state index is -0.215. The number of nitrogens with zero attached hydrogens (tertiary/aromatic N) is 1. The molecule has 0 aliphatic carbocycles. The number of hydrogen-bond donors (Lipinski definition) is 2. The SMILES string of the molecule is CC1(C)CCNCC(CCO)N1c1ccc(F)cc1. The average molecular weight is 266 g/mol. The van der Waals surface area contributed by atoms with Gasteiger partial charge in [-0.1, -0.05) is 0 Å². The van der Waals surface area contributed by atoms with Crippen LogP contribution in [0.25, 0.3) is 0 Å². The Balaban J connectivity index is 2.34. The maximum atomic E-state index is 13.1. The van der Waals surface area contributed by atoms with E-state index >= 15 is 0 Å². The van der Waals surface area contributed by atoms with Gasteiger partial charge in [-0.2, -0.15) is 0 Å². The molecule has 0 amide bonds. The second-order valence-electron chi connectivity index (χ2n) is 5.78. The highest BCUT2D eigenvalue weighted by molar-refractivity contribution is 5.50. The van der Waals surface area contributed by atoms with Crippen molar-refractivity contribution in [1.82, 2.24) is 5.32 Å². The Labute approximate surface area is 114 Å². The van der Waals surface area contributed by atoms with E-state index in [9.17, 15) is 9.50 Å². The molecule has 4 heteroatoms. The number of rotatable bonds is 3. The van der Waals surface area contributed by atoms with Gasteiger partial charge < -0.3 is 15.3 Å². The summed E-state index contributed by atoms with van der Waals surface area (Å²) in [5.74, 6) is -0.215. The summed E-state index contributed by atoms with van der Waals surface area (Å²) in [4.78, 5) is 2.32. The summed E-state index contributed by atoms with van der Waals surface area (Å²) >= 11 is 0. The first-order valence-corrected chi connectivity index (χ1v) is 6.91. The first-order chi connectivity index (χ1) is 9.04. The zero-order valence-electron chi connectivity index (χ0n) is 11.7. The zero-order chi connectivity index (χ0) is 13.9. The van der Waals surface area contributed by atoms with Gasteiger partial charge in [-0.3, -0.25) is 0 Å². The van der Waals surface area contributed by atoms with Gasteiger partial charge in [-0.15, -0.1) is 0 Å². The van der Waals surface area contributed by atoms with E-state index in [1.807, 2.05) is 12.1 Å². The molecule has 1 aromatic carbocycles. The molecule has 1 fully saturated rings. The van der Waals surface area contributed by atoms with E-state index in [2.05, 4.69) is 24.1 Å². The smallest absolute Gasteiger partial charge is 0.123 e. The third-order valence-corrected chi connectivity index (χ3v) is 3.88. The summed E-state index contributed by atoms with van der Waals surface area (Å²) in [6.07, 6.45) is 1.74. The van der Waals surface area contributed by atoms with Crippen LogP contribution in [0.15, 0.2) is 24.3 Å². The van der Waals surface area contributed by atoms with E-state index in [0.29, 0.717) is 6.42 Å². The van der Waals surface area contributed by atoms with E-state index in [-0.39, 0.29) is 24.0 Å². The van der Waals surface area contributed by atoms with E-state index in [0.717, 1.165) is 25.2 Å². The lowest BCUT2D eigenvalue weighted by atomic mass is 9.95. The monoisotopic (exact) mass is 266 g/mol. The van der Waals surface area contributed by atoms with Crippen molar-refractivity contribution in [2.24, 2.45) is 0 Å². The van der Waals surface area contributed by atoms with Gasteiger partial charge in [0.1, 0.15) is 5.82 Å². The second-order valence-corrected chi connectivity index (χ2v) is 5.78.